The van der Waals surface area contributed by atoms with Gasteiger partial charge in [0, 0.05) is 33.2 Å². The monoisotopic (exact) mass is 389 g/mol. The SMILES string of the molecule is Cc1nnc(CNC(=NCc2cccc(F)c2)NCCN2CCOCC2)n1C. The van der Waals surface area contributed by atoms with Crippen LogP contribution in [0.2, 0.25) is 0 Å². The maximum Gasteiger partial charge on any atom is 0.192 e. The third-order valence-corrected chi connectivity index (χ3v) is 4.73. The highest BCUT2D eigenvalue weighted by Gasteiger charge is 2.10. The number of aryl methyl sites for hydroxylation is 1. The van der Waals surface area contributed by atoms with Crippen molar-refractivity contribution in [3.63, 3.8) is 0 Å². The Morgan fingerprint density at radius 1 is 1.25 bits per heavy atom. The van der Waals surface area contributed by atoms with Gasteiger partial charge in [-0.3, -0.25) is 4.90 Å². The standard InChI is InChI=1S/C19H28FN7O/c1-15-24-25-18(26(15)2)14-23-19(21-6-7-27-8-10-28-11-9-27)22-13-16-4-3-5-17(20)12-16/h3-5,12H,6-11,13-14H2,1-2H3,(H2,21,22,23). The van der Waals surface area contributed by atoms with E-state index in [1.807, 2.05) is 24.6 Å². The second kappa shape index (κ2) is 10.1. The van der Waals surface area contributed by atoms with Gasteiger partial charge >= 0.3 is 0 Å². The first-order valence-corrected chi connectivity index (χ1v) is 9.53. The minimum Gasteiger partial charge on any atom is -0.379 e. The number of hydrogen-bond acceptors (Lipinski definition) is 5. The number of hydrogen-bond donors (Lipinski definition) is 2. The molecule has 1 aromatic heterocycles. The molecule has 0 saturated carbocycles. The first-order chi connectivity index (χ1) is 13.6. The predicted octanol–water partition coefficient (Wildman–Crippen LogP) is 0.830. The molecule has 0 radical (unpaired) electrons. The molecule has 1 fully saturated rings. The van der Waals surface area contributed by atoms with Gasteiger partial charge in [-0.15, -0.1) is 10.2 Å². The highest BCUT2D eigenvalue weighted by Crippen LogP contribution is 2.05. The fraction of sp³-hybridized carbons (Fsp3) is 0.526. The molecule has 3 rings (SSSR count). The van der Waals surface area contributed by atoms with Crippen LogP contribution in [0, 0.1) is 12.7 Å². The normalized spacial score (nSPS) is 15.6. The van der Waals surface area contributed by atoms with Crippen LogP contribution in [0.5, 0.6) is 0 Å². The Hall–Kier alpha value is -2.52. The van der Waals surface area contributed by atoms with Crippen LogP contribution in [0.25, 0.3) is 0 Å². The number of nitrogens with one attached hydrogen (secondary N) is 2. The molecule has 152 valence electrons. The molecule has 8 nitrogen and oxygen atoms in total. The molecule has 28 heavy (non-hydrogen) atoms. The number of benzene rings is 1. The molecule has 0 unspecified atom stereocenters. The zero-order valence-electron chi connectivity index (χ0n) is 16.5. The fourth-order valence-corrected chi connectivity index (χ4v) is 2.90. The summed E-state index contributed by atoms with van der Waals surface area (Å²) < 4.78 is 20.7. The van der Waals surface area contributed by atoms with Gasteiger partial charge < -0.3 is 19.9 Å². The van der Waals surface area contributed by atoms with E-state index < -0.39 is 0 Å². The zero-order valence-corrected chi connectivity index (χ0v) is 16.5. The second-order valence-electron chi connectivity index (χ2n) is 6.75. The molecule has 0 spiro atoms. The molecular weight excluding hydrogens is 361 g/mol. The summed E-state index contributed by atoms with van der Waals surface area (Å²) in [6, 6.07) is 6.50. The average Bonchev–Trinajstić information content (AvgIpc) is 3.02. The molecular formula is C19H28FN7O. The third kappa shape index (κ3) is 6.00. The van der Waals surface area contributed by atoms with E-state index in [9.17, 15) is 4.39 Å². The maximum absolute atomic E-state index is 13.4. The summed E-state index contributed by atoms with van der Waals surface area (Å²) in [4.78, 5) is 6.95. The lowest BCUT2D eigenvalue weighted by molar-refractivity contribution is 0.0389. The van der Waals surface area contributed by atoms with Gasteiger partial charge in [0.2, 0.25) is 0 Å². The predicted molar refractivity (Wildman–Crippen MR) is 105 cm³/mol. The molecule has 0 atom stereocenters. The van der Waals surface area contributed by atoms with Gasteiger partial charge in [-0.1, -0.05) is 12.1 Å². The summed E-state index contributed by atoms with van der Waals surface area (Å²) >= 11 is 0. The topological polar surface area (TPSA) is 79.6 Å². The van der Waals surface area contributed by atoms with Gasteiger partial charge in [-0.25, -0.2) is 9.38 Å². The van der Waals surface area contributed by atoms with Crippen LogP contribution in [0.15, 0.2) is 29.3 Å². The van der Waals surface area contributed by atoms with E-state index >= 15 is 0 Å². The highest BCUT2D eigenvalue weighted by molar-refractivity contribution is 5.79. The minimum atomic E-state index is -0.253. The van der Waals surface area contributed by atoms with E-state index in [0.717, 1.165) is 56.6 Å². The van der Waals surface area contributed by atoms with Crippen LogP contribution in [-0.4, -0.2) is 65.0 Å². The van der Waals surface area contributed by atoms with Gasteiger partial charge in [0.1, 0.15) is 11.6 Å². The molecule has 1 aliphatic heterocycles. The Labute approximate surface area is 164 Å². The smallest absolute Gasteiger partial charge is 0.192 e. The van der Waals surface area contributed by atoms with Gasteiger partial charge in [0.15, 0.2) is 11.8 Å². The largest absolute Gasteiger partial charge is 0.379 e. The Morgan fingerprint density at radius 2 is 2.07 bits per heavy atom. The molecule has 1 aliphatic rings. The van der Waals surface area contributed by atoms with E-state index in [1.165, 1.54) is 12.1 Å². The number of nitrogens with zero attached hydrogens (tertiary/aromatic N) is 5. The molecule has 2 N–H and O–H groups in total. The summed E-state index contributed by atoms with van der Waals surface area (Å²) in [6.45, 7) is 7.93. The van der Waals surface area contributed by atoms with Gasteiger partial charge in [0.05, 0.1) is 26.3 Å². The van der Waals surface area contributed by atoms with E-state index in [0.29, 0.717) is 19.0 Å². The molecule has 1 saturated heterocycles. The van der Waals surface area contributed by atoms with E-state index in [2.05, 4.69) is 30.7 Å². The van der Waals surface area contributed by atoms with Crippen molar-refractivity contribution in [2.24, 2.45) is 12.0 Å². The molecule has 2 heterocycles. The number of aliphatic imine (C=N–C) groups is 1. The van der Waals surface area contributed by atoms with Gasteiger partial charge in [-0.05, 0) is 24.6 Å². The number of guanidine groups is 1. The van der Waals surface area contributed by atoms with Crippen molar-refractivity contribution in [2.75, 3.05) is 39.4 Å². The van der Waals surface area contributed by atoms with Gasteiger partial charge in [-0.2, -0.15) is 0 Å². The summed E-state index contributed by atoms with van der Waals surface area (Å²) in [5.74, 6) is 2.09. The highest BCUT2D eigenvalue weighted by atomic mass is 19.1. The van der Waals surface area contributed by atoms with Crippen molar-refractivity contribution in [1.82, 2.24) is 30.3 Å². The Kier molecular flexibility index (Phi) is 7.32. The van der Waals surface area contributed by atoms with Gasteiger partial charge in [0.25, 0.3) is 0 Å². The van der Waals surface area contributed by atoms with Crippen LogP contribution < -0.4 is 10.6 Å². The van der Waals surface area contributed by atoms with Crippen molar-refractivity contribution in [3.8, 4) is 0 Å². The first-order valence-electron chi connectivity index (χ1n) is 9.53. The lowest BCUT2D eigenvalue weighted by Crippen LogP contribution is -2.44. The quantitative estimate of drug-likeness (QED) is 0.539. The Balaban J connectivity index is 1.58. The first kappa shape index (κ1) is 20.2. The van der Waals surface area contributed by atoms with Crippen LogP contribution in [0.3, 0.4) is 0 Å². The van der Waals surface area contributed by atoms with E-state index in [4.69, 9.17) is 4.74 Å². The Bertz CT molecular complexity index is 786. The lowest BCUT2D eigenvalue weighted by atomic mass is 10.2. The maximum atomic E-state index is 13.4. The van der Waals surface area contributed by atoms with Crippen molar-refractivity contribution >= 4 is 5.96 Å². The molecule has 2 aromatic rings. The minimum absolute atomic E-state index is 0.253. The molecule has 9 heteroatoms. The van der Waals surface area contributed by atoms with Crippen molar-refractivity contribution in [3.05, 3.63) is 47.3 Å². The van der Waals surface area contributed by atoms with Crippen molar-refractivity contribution < 1.29 is 9.13 Å². The van der Waals surface area contributed by atoms with Crippen LogP contribution in [-0.2, 0) is 24.9 Å². The second-order valence-corrected chi connectivity index (χ2v) is 6.75. The number of rotatable bonds is 7. The summed E-state index contributed by atoms with van der Waals surface area (Å²) in [7, 11) is 1.93. The Morgan fingerprint density at radius 3 is 2.79 bits per heavy atom. The molecule has 0 aliphatic carbocycles. The summed E-state index contributed by atoms with van der Waals surface area (Å²) in [5.41, 5.74) is 0.823. The number of morpholine rings is 1. The number of ether oxygens (including phenoxy) is 1. The fourth-order valence-electron chi connectivity index (χ4n) is 2.90. The lowest BCUT2D eigenvalue weighted by Gasteiger charge is -2.26. The average molecular weight is 389 g/mol. The summed E-state index contributed by atoms with van der Waals surface area (Å²) in [6.07, 6.45) is 0. The number of halogens is 1. The van der Waals surface area contributed by atoms with Crippen molar-refractivity contribution in [2.45, 2.75) is 20.0 Å². The zero-order chi connectivity index (χ0) is 19.8. The van der Waals surface area contributed by atoms with E-state index in [1.54, 1.807) is 6.07 Å². The number of aromatic nitrogens is 3. The van der Waals surface area contributed by atoms with Crippen LogP contribution in [0.4, 0.5) is 4.39 Å². The van der Waals surface area contributed by atoms with Crippen molar-refractivity contribution in [1.29, 1.82) is 0 Å². The van der Waals surface area contributed by atoms with Crippen LogP contribution in [0.1, 0.15) is 17.2 Å². The van der Waals surface area contributed by atoms with E-state index in [-0.39, 0.29) is 5.82 Å². The summed E-state index contributed by atoms with van der Waals surface area (Å²) in [5, 5.41) is 14.9. The molecule has 1 aromatic carbocycles. The third-order valence-electron chi connectivity index (χ3n) is 4.73. The molecule has 0 amide bonds. The molecule has 0 bridgehead atoms. The van der Waals surface area contributed by atoms with Crippen LogP contribution >= 0.6 is 0 Å².